The summed E-state index contributed by atoms with van der Waals surface area (Å²) in [7, 11) is 0. The highest BCUT2D eigenvalue weighted by atomic mass is 16.4. The van der Waals surface area contributed by atoms with Gasteiger partial charge in [-0.05, 0) is 32.1 Å². The molecular weight excluding hydrogens is 454 g/mol. The SMILES string of the molecule is CC(C)CC(NC(=O)C(CCC(N)=O)NC(=O)C(N)CCC(=O)O)C(=O)NC(C(=O)O)C(C)O. The van der Waals surface area contributed by atoms with Crippen LogP contribution in [-0.2, 0) is 28.8 Å². The minimum absolute atomic E-state index is 0.0956. The molecule has 0 aromatic heterocycles. The van der Waals surface area contributed by atoms with Gasteiger partial charge in [0.15, 0.2) is 6.04 Å². The number of carboxylic acid groups (broad SMARTS) is 2. The molecule has 5 unspecified atom stereocenters. The molecule has 194 valence electrons. The summed E-state index contributed by atoms with van der Waals surface area (Å²) in [6, 6.07) is -5.40. The van der Waals surface area contributed by atoms with Crippen molar-refractivity contribution in [3.8, 4) is 0 Å². The van der Waals surface area contributed by atoms with Crippen molar-refractivity contribution in [2.24, 2.45) is 17.4 Å². The number of nitrogens with one attached hydrogen (secondary N) is 3. The van der Waals surface area contributed by atoms with Crippen LogP contribution in [0.15, 0.2) is 0 Å². The zero-order valence-electron chi connectivity index (χ0n) is 19.4. The highest BCUT2D eigenvalue weighted by Crippen LogP contribution is 2.08. The van der Waals surface area contributed by atoms with Crippen LogP contribution in [0.3, 0.4) is 0 Å². The molecule has 0 aromatic carbocycles. The number of carbonyl (C=O) groups excluding carboxylic acids is 4. The van der Waals surface area contributed by atoms with E-state index in [2.05, 4.69) is 16.0 Å². The van der Waals surface area contributed by atoms with Gasteiger partial charge in [0.2, 0.25) is 23.6 Å². The van der Waals surface area contributed by atoms with E-state index in [1.807, 2.05) is 0 Å². The molecule has 0 aromatic rings. The molecule has 0 fully saturated rings. The Balaban J connectivity index is 5.54. The predicted octanol–water partition coefficient (Wildman–Crippen LogP) is -2.59. The molecule has 0 radical (unpaired) electrons. The quantitative estimate of drug-likeness (QED) is 0.112. The van der Waals surface area contributed by atoms with E-state index in [0.29, 0.717) is 0 Å². The average molecular weight is 490 g/mol. The lowest BCUT2D eigenvalue weighted by Crippen LogP contribution is -2.58. The zero-order chi connectivity index (χ0) is 26.6. The summed E-state index contributed by atoms with van der Waals surface area (Å²) < 4.78 is 0. The van der Waals surface area contributed by atoms with Crippen molar-refractivity contribution in [1.29, 1.82) is 0 Å². The summed E-state index contributed by atoms with van der Waals surface area (Å²) in [4.78, 5) is 71.0. The normalized spacial score (nSPS) is 15.4. The third-order valence-electron chi connectivity index (χ3n) is 4.70. The van der Waals surface area contributed by atoms with Crippen molar-refractivity contribution in [3.05, 3.63) is 0 Å². The predicted molar refractivity (Wildman–Crippen MR) is 118 cm³/mol. The van der Waals surface area contributed by atoms with E-state index in [1.54, 1.807) is 13.8 Å². The first-order chi connectivity index (χ1) is 15.6. The van der Waals surface area contributed by atoms with Crippen LogP contribution in [0.1, 0.15) is 52.9 Å². The lowest BCUT2D eigenvalue weighted by Gasteiger charge is -2.26. The molecule has 0 aliphatic heterocycles. The monoisotopic (exact) mass is 489 g/mol. The Morgan fingerprint density at radius 1 is 0.794 bits per heavy atom. The van der Waals surface area contributed by atoms with Gasteiger partial charge in [0.1, 0.15) is 12.1 Å². The number of hydrogen-bond acceptors (Lipinski definition) is 8. The Hall–Kier alpha value is -3.26. The lowest BCUT2D eigenvalue weighted by atomic mass is 10.0. The van der Waals surface area contributed by atoms with E-state index in [1.165, 1.54) is 6.92 Å². The minimum Gasteiger partial charge on any atom is -0.481 e. The van der Waals surface area contributed by atoms with Gasteiger partial charge in [0.05, 0.1) is 12.1 Å². The summed E-state index contributed by atoms with van der Waals surface area (Å²) in [5, 5.41) is 34.4. The molecule has 0 saturated heterocycles. The molecule has 5 atom stereocenters. The number of nitrogens with two attached hydrogens (primary N) is 2. The number of carboxylic acids is 2. The van der Waals surface area contributed by atoms with Gasteiger partial charge in [0.25, 0.3) is 0 Å². The molecule has 34 heavy (non-hydrogen) atoms. The van der Waals surface area contributed by atoms with Crippen molar-refractivity contribution in [3.63, 3.8) is 0 Å². The maximum atomic E-state index is 12.9. The Morgan fingerprint density at radius 3 is 1.76 bits per heavy atom. The average Bonchev–Trinajstić information content (AvgIpc) is 2.70. The van der Waals surface area contributed by atoms with E-state index in [4.69, 9.17) is 16.6 Å². The lowest BCUT2D eigenvalue weighted by molar-refractivity contribution is -0.145. The summed E-state index contributed by atoms with van der Waals surface area (Å²) in [6.07, 6.45) is -2.39. The number of rotatable bonds is 16. The van der Waals surface area contributed by atoms with Crippen LogP contribution < -0.4 is 27.4 Å². The van der Waals surface area contributed by atoms with Gasteiger partial charge >= 0.3 is 11.9 Å². The maximum Gasteiger partial charge on any atom is 0.328 e. The minimum atomic E-state index is -1.61. The number of amides is 4. The summed E-state index contributed by atoms with van der Waals surface area (Å²) in [5.74, 6) is -6.06. The van der Waals surface area contributed by atoms with E-state index < -0.39 is 65.8 Å². The summed E-state index contributed by atoms with van der Waals surface area (Å²) >= 11 is 0. The van der Waals surface area contributed by atoms with Gasteiger partial charge in [-0.25, -0.2) is 4.79 Å². The molecule has 0 aliphatic rings. The Bertz CT molecular complexity index is 757. The molecule has 0 heterocycles. The van der Waals surface area contributed by atoms with Crippen LogP contribution in [0.25, 0.3) is 0 Å². The first kappa shape index (κ1) is 30.7. The van der Waals surface area contributed by atoms with Gasteiger partial charge in [-0.15, -0.1) is 0 Å². The Morgan fingerprint density at radius 2 is 1.32 bits per heavy atom. The van der Waals surface area contributed by atoms with Crippen LogP contribution in [0.5, 0.6) is 0 Å². The van der Waals surface area contributed by atoms with Gasteiger partial charge < -0.3 is 42.7 Å². The first-order valence-electron chi connectivity index (χ1n) is 10.7. The second-order valence-electron chi connectivity index (χ2n) is 8.36. The van der Waals surface area contributed by atoms with E-state index in [0.717, 1.165) is 0 Å². The number of aliphatic carboxylic acids is 2. The van der Waals surface area contributed by atoms with Crippen molar-refractivity contribution in [2.45, 2.75) is 83.1 Å². The number of primary amides is 1. The van der Waals surface area contributed by atoms with Crippen LogP contribution in [0.2, 0.25) is 0 Å². The summed E-state index contributed by atoms with van der Waals surface area (Å²) in [6.45, 7) is 4.69. The van der Waals surface area contributed by atoms with Crippen molar-refractivity contribution in [2.75, 3.05) is 0 Å². The van der Waals surface area contributed by atoms with Crippen molar-refractivity contribution in [1.82, 2.24) is 16.0 Å². The van der Waals surface area contributed by atoms with Crippen LogP contribution in [-0.4, -0.2) is 81.2 Å². The Labute approximate surface area is 196 Å². The third kappa shape index (κ3) is 12.1. The number of hydrogen-bond donors (Lipinski definition) is 8. The van der Waals surface area contributed by atoms with Gasteiger partial charge in [-0.3, -0.25) is 24.0 Å². The molecule has 14 heteroatoms. The van der Waals surface area contributed by atoms with Gasteiger partial charge in [-0.2, -0.15) is 0 Å². The second-order valence-corrected chi connectivity index (χ2v) is 8.36. The third-order valence-corrected chi connectivity index (χ3v) is 4.70. The van der Waals surface area contributed by atoms with Crippen LogP contribution in [0, 0.1) is 5.92 Å². The van der Waals surface area contributed by atoms with Crippen LogP contribution in [0.4, 0.5) is 0 Å². The Kier molecular flexibility index (Phi) is 13.4. The zero-order valence-corrected chi connectivity index (χ0v) is 19.4. The largest absolute Gasteiger partial charge is 0.481 e. The molecule has 0 rings (SSSR count). The molecule has 4 amide bonds. The topological polar surface area (TPSA) is 251 Å². The van der Waals surface area contributed by atoms with E-state index in [9.17, 15) is 39.0 Å². The fourth-order valence-corrected chi connectivity index (χ4v) is 2.86. The molecular formula is C20H35N5O9. The standard InChI is InChI=1S/C20H35N5O9/c1-9(2)8-13(19(32)25-16(10(3)26)20(33)34)24-18(31)12(5-6-14(22)27)23-17(30)11(21)4-7-15(28)29/h9-13,16,26H,4-8,21H2,1-3H3,(H2,22,27)(H,23,30)(H,24,31)(H,25,32)(H,28,29)(H,33,34). The van der Waals surface area contributed by atoms with Crippen molar-refractivity contribution < 1.29 is 44.1 Å². The first-order valence-corrected chi connectivity index (χ1v) is 10.7. The highest BCUT2D eigenvalue weighted by Gasteiger charge is 2.32. The summed E-state index contributed by atoms with van der Waals surface area (Å²) in [5.41, 5.74) is 10.8. The molecule has 10 N–H and O–H groups in total. The fourth-order valence-electron chi connectivity index (χ4n) is 2.86. The molecule has 0 spiro atoms. The molecule has 0 bridgehead atoms. The highest BCUT2D eigenvalue weighted by molar-refractivity contribution is 5.94. The number of aliphatic hydroxyl groups excluding tert-OH is 1. The van der Waals surface area contributed by atoms with Gasteiger partial charge in [0, 0.05) is 12.8 Å². The van der Waals surface area contributed by atoms with E-state index in [-0.39, 0.29) is 38.0 Å². The maximum absolute atomic E-state index is 12.9. The number of carbonyl (C=O) groups is 6. The van der Waals surface area contributed by atoms with E-state index >= 15 is 0 Å². The molecule has 0 aliphatic carbocycles. The molecule has 0 saturated carbocycles. The second kappa shape index (κ2) is 14.8. The molecule has 14 nitrogen and oxygen atoms in total. The smallest absolute Gasteiger partial charge is 0.328 e. The van der Waals surface area contributed by atoms with Gasteiger partial charge in [-0.1, -0.05) is 13.8 Å². The fraction of sp³-hybridized carbons (Fsp3) is 0.700. The number of aliphatic hydroxyl groups is 1. The van der Waals surface area contributed by atoms with Crippen molar-refractivity contribution >= 4 is 35.6 Å². The van der Waals surface area contributed by atoms with Crippen LogP contribution >= 0.6 is 0 Å².